The van der Waals surface area contributed by atoms with Crippen LogP contribution in [0.2, 0.25) is 0 Å². The molecule has 0 rings (SSSR count). The van der Waals surface area contributed by atoms with Crippen LogP contribution in [-0.2, 0) is 9.59 Å². The highest BCUT2D eigenvalue weighted by Crippen LogP contribution is 2.22. The molecule has 100 valence electrons. The van der Waals surface area contributed by atoms with Crippen molar-refractivity contribution in [2.75, 3.05) is 5.75 Å². The Morgan fingerprint density at radius 1 is 1.35 bits per heavy atom. The summed E-state index contributed by atoms with van der Waals surface area (Å²) in [6.07, 6.45) is 1.47. The molecule has 2 N–H and O–H groups in total. The van der Waals surface area contributed by atoms with Crippen LogP contribution in [0.15, 0.2) is 0 Å². The number of hydrogen-bond acceptors (Lipinski definition) is 3. The molecular formula is C12H23NO3S. The number of rotatable bonds is 7. The Kier molecular flexibility index (Phi) is 7.27. The predicted octanol–water partition coefficient (Wildman–Crippen LogP) is 2.28. The van der Waals surface area contributed by atoms with Gasteiger partial charge in [0.15, 0.2) is 0 Å². The Morgan fingerprint density at radius 2 is 1.94 bits per heavy atom. The van der Waals surface area contributed by atoms with Gasteiger partial charge in [0.2, 0.25) is 5.91 Å². The molecule has 0 fully saturated rings. The van der Waals surface area contributed by atoms with Gasteiger partial charge in [-0.25, -0.2) is 0 Å². The zero-order valence-corrected chi connectivity index (χ0v) is 11.9. The number of amides is 1. The smallest absolute Gasteiger partial charge is 0.303 e. The van der Waals surface area contributed by atoms with E-state index in [2.05, 4.69) is 26.1 Å². The Labute approximate surface area is 108 Å². The van der Waals surface area contributed by atoms with Gasteiger partial charge in [0, 0.05) is 17.2 Å². The molecule has 0 bridgehead atoms. The van der Waals surface area contributed by atoms with Gasteiger partial charge >= 0.3 is 5.97 Å². The molecule has 0 saturated heterocycles. The average molecular weight is 261 g/mol. The van der Waals surface area contributed by atoms with Gasteiger partial charge in [-0.15, -0.1) is 11.8 Å². The first-order valence-corrected chi connectivity index (χ1v) is 6.84. The summed E-state index contributed by atoms with van der Waals surface area (Å²) in [6, 6.07) is 0.0439. The molecule has 0 aliphatic carbocycles. The van der Waals surface area contributed by atoms with Crippen molar-refractivity contribution < 1.29 is 14.7 Å². The lowest BCUT2D eigenvalue weighted by atomic mass is 10.1. The number of nitrogens with one attached hydrogen (secondary N) is 1. The Bertz CT molecular complexity index is 261. The molecule has 1 amide bonds. The molecule has 0 heterocycles. The van der Waals surface area contributed by atoms with Crippen LogP contribution in [0.1, 0.15) is 47.0 Å². The van der Waals surface area contributed by atoms with E-state index in [-0.39, 0.29) is 23.1 Å². The van der Waals surface area contributed by atoms with Gasteiger partial charge in [-0.2, -0.15) is 0 Å². The third-order valence-electron chi connectivity index (χ3n) is 2.07. The minimum absolute atomic E-state index is 0.0211. The molecular weight excluding hydrogens is 238 g/mol. The van der Waals surface area contributed by atoms with Gasteiger partial charge in [0.05, 0.1) is 5.75 Å². The maximum atomic E-state index is 11.5. The van der Waals surface area contributed by atoms with E-state index in [4.69, 9.17) is 5.11 Å². The van der Waals surface area contributed by atoms with Gasteiger partial charge < -0.3 is 10.4 Å². The first-order chi connectivity index (χ1) is 7.70. The van der Waals surface area contributed by atoms with E-state index in [1.165, 1.54) is 0 Å². The van der Waals surface area contributed by atoms with Crippen molar-refractivity contribution in [1.29, 1.82) is 0 Å². The Hall–Kier alpha value is -0.710. The predicted molar refractivity (Wildman–Crippen MR) is 71.3 cm³/mol. The third-order valence-corrected chi connectivity index (χ3v) is 3.34. The second-order valence-electron chi connectivity index (χ2n) is 5.16. The van der Waals surface area contributed by atoms with Crippen molar-refractivity contribution in [3.05, 3.63) is 0 Å². The molecule has 1 atom stereocenters. The highest BCUT2D eigenvalue weighted by Gasteiger charge is 2.14. The second kappa shape index (κ2) is 7.58. The molecule has 0 aliphatic heterocycles. The zero-order chi connectivity index (χ0) is 13.5. The Balaban J connectivity index is 3.69. The van der Waals surface area contributed by atoms with Crippen LogP contribution in [0.4, 0.5) is 0 Å². The van der Waals surface area contributed by atoms with Crippen molar-refractivity contribution in [2.45, 2.75) is 57.7 Å². The molecule has 4 nitrogen and oxygen atoms in total. The fraction of sp³-hybridized carbons (Fsp3) is 0.833. The minimum Gasteiger partial charge on any atom is -0.481 e. The van der Waals surface area contributed by atoms with Crippen LogP contribution in [-0.4, -0.2) is 33.5 Å². The lowest BCUT2D eigenvalue weighted by Gasteiger charge is -2.18. The summed E-state index contributed by atoms with van der Waals surface area (Å²) < 4.78 is 0.0872. The highest BCUT2D eigenvalue weighted by molar-refractivity contribution is 8.01. The zero-order valence-electron chi connectivity index (χ0n) is 11.1. The molecule has 0 spiro atoms. The fourth-order valence-corrected chi connectivity index (χ4v) is 1.88. The first-order valence-electron chi connectivity index (χ1n) is 5.86. The lowest BCUT2D eigenvalue weighted by molar-refractivity contribution is -0.137. The maximum absolute atomic E-state index is 11.5. The van der Waals surface area contributed by atoms with Crippen molar-refractivity contribution in [1.82, 2.24) is 5.32 Å². The van der Waals surface area contributed by atoms with E-state index in [1.807, 2.05) is 6.92 Å². The van der Waals surface area contributed by atoms with E-state index in [1.54, 1.807) is 11.8 Å². The Morgan fingerprint density at radius 3 is 2.41 bits per heavy atom. The molecule has 0 radical (unpaired) electrons. The van der Waals surface area contributed by atoms with Gasteiger partial charge in [-0.05, 0) is 19.8 Å². The van der Waals surface area contributed by atoms with Gasteiger partial charge in [0.25, 0.3) is 0 Å². The summed E-state index contributed by atoms with van der Waals surface area (Å²) in [6.45, 7) is 8.12. The number of carbonyl (C=O) groups is 2. The van der Waals surface area contributed by atoms with Crippen LogP contribution >= 0.6 is 11.8 Å². The van der Waals surface area contributed by atoms with E-state index >= 15 is 0 Å². The summed E-state index contributed by atoms with van der Waals surface area (Å²) >= 11 is 1.61. The van der Waals surface area contributed by atoms with Crippen LogP contribution in [0, 0.1) is 0 Å². The summed E-state index contributed by atoms with van der Waals surface area (Å²) in [5.41, 5.74) is 0. The van der Waals surface area contributed by atoms with Crippen LogP contribution in [0.25, 0.3) is 0 Å². The topological polar surface area (TPSA) is 66.4 Å². The van der Waals surface area contributed by atoms with Gasteiger partial charge in [-0.1, -0.05) is 20.8 Å². The first kappa shape index (κ1) is 16.3. The van der Waals surface area contributed by atoms with Crippen molar-refractivity contribution in [3.63, 3.8) is 0 Å². The summed E-state index contributed by atoms with van der Waals surface area (Å²) in [4.78, 5) is 21.9. The summed E-state index contributed by atoms with van der Waals surface area (Å²) in [5, 5.41) is 11.4. The molecule has 0 aliphatic rings. The summed E-state index contributed by atoms with van der Waals surface area (Å²) in [5.74, 6) is -0.313. The standard InChI is InChI=1S/C12H23NO3S/c1-9(6-5-7-11(15)16)13-10(14)8-17-12(2,3)4/h9H,5-8H2,1-4H3,(H,13,14)(H,15,16). The quantitative estimate of drug-likeness (QED) is 0.738. The summed E-state index contributed by atoms with van der Waals surface area (Å²) in [7, 11) is 0. The number of carboxylic acid groups (broad SMARTS) is 1. The van der Waals surface area contributed by atoms with E-state index < -0.39 is 5.97 Å². The second-order valence-corrected chi connectivity index (χ2v) is 6.96. The normalized spacial score (nSPS) is 13.2. The molecule has 0 aromatic carbocycles. The SMILES string of the molecule is CC(CCCC(=O)O)NC(=O)CSC(C)(C)C. The maximum Gasteiger partial charge on any atom is 0.303 e. The van der Waals surface area contributed by atoms with Crippen LogP contribution in [0.3, 0.4) is 0 Å². The number of carbonyl (C=O) groups excluding carboxylic acids is 1. The van der Waals surface area contributed by atoms with E-state index in [9.17, 15) is 9.59 Å². The molecule has 0 saturated carbocycles. The largest absolute Gasteiger partial charge is 0.481 e. The molecule has 0 aromatic heterocycles. The van der Waals surface area contributed by atoms with Crippen molar-refractivity contribution in [3.8, 4) is 0 Å². The number of hydrogen-bond donors (Lipinski definition) is 2. The van der Waals surface area contributed by atoms with Gasteiger partial charge in [-0.3, -0.25) is 9.59 Å². The van der Waals surface area contributed by atoms with E-state index in [0.29, 0.717) is 18.6 Å². The average Bonchev–Trinajstić information content (AvgIpc) is 2.13. The molecule has 0 aromatic rings. The number of thioether (sulfide) groups is 1. The van der Waals surface area contributed by atoms with Crippen molar-refractivity contribution in [2.24, 2.45) is 0 Å². The molecule has 17 heavy (non-hydrogen) atoms. The van der Waals surface area contributed by atoms with E-state index in [0.717, 1.165) is 0 Å². The highest BCUT2D eigenvalue weighted by atomic mass is 32.2. The fourth-order valence-electron chi connectivity index (χ4n) is 1.23. The van der Waals surface area contributed by atoms with Crippen LogP contribution in [0.5, 0.6) is 0 Å². The van der Waals surface area contributed by atoms with Crippen molar-refractivity contribution >= 4 is 23.6 Å². The molecule has 1 unspecified atom stereocenters. The molecule has 5 heteroatoms. The number of aliphatic carboxylic acids is 1. The third kappa shape index (κ3) is 11.6. The number of carboxylic acids is 1. The minimum atomic E-state index is -0.785. The lowest BCUT2D eigenvalue weighted by Crippen LogP contribution is -2.34. The monoisotopic (exact) mass is 261 g/mol. The van der Waals surface area contributed by atoms with Crippen LogP contribution < -0.4 is 5.32 Å². The van der Waals surface area contributed by atoms with Gasteiger partial charge in [0.1, 0.15) is 0 Å².